The van der Waals surface area contributed by atoms with Crippen molar-refractivity contribution in [2.24, 2.45) is 0 Å². The minimum Gasteiger partial charge on any atom is -0.464 e. The summed E-state index contributed by atoms with van der Waals surface area (Å²) in [6, 6.07) is 8.44. The smallest absolute Gasteiger partial charge is 0.125 e. The number of hydrogen-bond acceptors (Lipinski definition) is 2. The molecule has 0 saturated heterocycles. The van der Waals surface area contributed by atoms with E-state index in [0.29, 0.717) is 18.8 Å². The van der Waals surface area contributed by atoms with Crippen molar-refractivity contribution in [1.29, 1.82) is 0 Å². The van der Waals surface area contributed by atoms with E-state index in [0.717, 1.165) is 28.4 Å². The van der Waals surface area contributed by atoms with Crippen LogP contribution in [0.1, 0.15) is 17.3 Å². The second kappa shape index (κ2) is 5.29. The van der Waals surface area contributed by atoms with Gasteiger partial charge in [-0.15, -0.1) is 11.6 Å². The zero-order valence-electron chi connectivity index (χ0n) is 11.1. The maximum atomic E-state index is 13.5. The van der Waals surface area contributed by atoms with Gasteiger partial charge < -0.3 is 8.98 Å². The highest BCUT2D eigenvalue weighted by Gasteiger charge is 2.13. The molecule has 0 radical (unpaired) electrons. The van der Waals surface area contributed by atoms with Gasteiger partial charge in [0.25, 0.3) is 0 Å². The maximum absolute atomic E-state index is 13.5. The first-order valence-electron chi connectivity index (χ1n) is 6.43. The summed E-state index contributed by atoms with van der Waals surface area (Å²) in [5.74, 6) is 2.72. The summed E-state index contributed by atoms with van der Waals surface area (Å²) in [6.45, 7) is 2.43. The summed E-state index contributed by atoms with van der Waals surface area (Å²) in [5, 5.41) is 0. The lowest BCUT2D eigenvalue weighted by atomic mass is 10.3. The number of aromatic nitrogens is 2. The molecular formula is C15H14ClFN2O. The first-order chi connectivity index (χ1) is 9.67. The van der Waals surface area contributed by atoms with E-state index in [9.17, 15) is 4.39 Å². The second-order valence-electron chi connectivity index (χ2n) is 4.70. The highest BCUT2D eigenvalue weighted by Crippen LogP contribution is 2.20. The predicted octanol–water partition coefficient (Wildman–Crippen LogP) is 3.91. The van der Waals surface area contributed by atoms with Crippen LogP contribution in [0.4, 0.5) is 4.39 Å². The molecule has 2 aromatic heterocycles. The van der Waals surface area contributed by atoms with Crippen LogP contribution in [0, 0.1) is 12.7 Å². The standard InChI is InChI=1S/C15H14ClFN2O/c1-10-2-4-12(20-10)9-19-14-8-11(17)3-5-13(14)18-15(19)6-7-16/h2-5,8H,6-7,9H2,1H3. The van der Waals surface area contributed by atoms with Gasteiger partial charge in [-0.25, -0.2) is 9.37 Å². The lowest BCUT2D eigenvalue weighted by molar-refractivity contribution is 0.469. The number of halogens is 2. The van der Waals surface area contributed by atoms with E-state index in [1.165, 1.54) is 12.1 Å². The van der Waals surface area contributed by atoms with Crippen molar-refractivity contribution in [3.63, 3.8) is 0 Å². The molecule has 20 heavy (non-hydrogen) atoms. The predicted molar refractivity (Wildman–Crippen MR) is 76.7 cm³/mol. The molecule has 0 atom stereocenters. The molecule has 104 valence electrons. The third kappa shape index (κ3) is 2.43. The number of furan rings is 1. The molecule has 3 rings (SSSR count). The first kappa shape index (κ1) is 13.2. The first-order valence-corrected chi connectivity index (χ1v) is 6.97. The molecule has 0 aliphatic rings. The molecule has 0 bridgehead atoms. The molecule has 0 spiro atoms. The number of nitrogens with zero attached hydrogens (tertiary/aromatic N) is 2. The van der Waals surface area contributed by atoms with Crippen molar-refractivity contribution < 1.29 is 8.81 Å². The highest BCUT2D eigenvalue weighted by molar-refractivity contribution is 6.17. The second-order valence-corrected chi connectivity index (χ2v) is 5.08. The van der Waals surface area contributed by atoms with Crippen LogP contribution in [-0.4, -0.2) is 15.4 Å². The van der Waals surface area contributed by atoms with E-state index in [4.69, 9.17) is 16.0 Å². The van der Waals surface area contributed by atoms with Gasteiger partial charge in [0.2, 0.25) is 0 Å². The van der Waals surface area contributed by atoms with Crippen LogP contribution < -0.4 is 0 Å². The number of alkyl halides is 1. The molecule has 2 heterocycles. The Morgan fingerprint density at radius 1 is 1.30 bits per heavy atom. The third-order valence-electron chi connectivity index (χ3n) is 3.22. The van der Waals surface area contributed by atoms with E-state index in [1.807, 2.05) is 23.6 Å². The lowest BCUT2D eigenvalue weighted by Gasteiger charge is -2.06. The van der Waals surface area contributed by atoms with Crippen molar-refractivity contribution in [3.8, 4) is 0 Å². The molecule has 0 saturated carbocycles. The van der Waals surface area contributed by atoms with Gasteiger partial charge in [0, 0.05) is 12.3 Å². The molecular weight excluding hydrogens is 279 g/mol. The monoisotopic (exact) mass is 292 g/mol. The largest absolute Gasteiger partial charge is 0.464 e. The maximum Gasteiger partial charge on any atom is 0.125 e. The fourth-order valence-corrected chi connectivity index (χ4v) is 2.49. The minimum atomic E-state index is -0.272. The van der Waals surface area contributed by atoms with Gasteiger partial charge in [-0.3, -0.25) is 0 Å². The van der Waals surface area contributed by atoms with Gasteiger partial charge >= 0.3 is 0 Å². The number of rotatable bonds is 4. The van der Waals surface area contributed by atoms with Crippen molar-refractivity contribution in [2.75, 3.05) is 5.88 Å². The number of benzene rings is 1. The lowest BCUT2D eigenvalue weighted by Crippen LogP contribution is -2.05. The number of imidazole rings is 1. The van der Waals surface area contributed by atoms with E-state index in [-0.39, 0.29) is 5.82 Å². The fourth-order valence-electron chi connectivity index (χ4n) is 2.32. The van der Waals surface area contributed by atoms with Crippen LogP contribution >= 0.6 is 11.6 Å². The minimum absolute atomic E-state index is 0.272. The zero-order valence-corrected chi connectivity index (χ0v) is 11.8. The zero-order chi connectivity index (χ0) is 14.1. The number of hydrogen-bond donors (Lipinski definition) is 0. The Morgan fingerprint density at radius 3 is 2.85 bits per heavy atom. The molecule has 0 amide bonds. The van der Waals surface area contributed by atoms with Gasteiger partial charge in [0.05, 0.1) is 17.6 Å². The van der Waals surface area contributed by atoms with Crippen LogP contribution in [0.2, 0.25) is 0 Å². The number of fused-ring (bicyclic) bond motifs is 1. The summed E-state index contributed by atoms with van der Waals surface area (Å²) < 4.78 is 21.0. The molecule has 3 nitrogen and oxygen atoms in total. The topological polar surface area (TPSA) is 31.0 Å². The van der Waals surface area contributed by atoms with Crippen LogP contribution in [0.5, 0.6) is 0 Å². The summed E-state index contributed by atoms with van der Waals surface area (Å²) >= 11 is 5.82. The Morgan fingerprint density at radius 2 is 2.15 bits per heavy atom. The summed E-state index contributed by atoms with van der Waals surface area (Å²) in [4.78, 5) is 4.52. The molecule has 0 aliphatic carbocycles. The van der Waals surface area contributed by atoms with Crippen molar-refractivity contribution in [1.82, 2.24) is 9.55 Å². The highest BCUT2D eigenvalue weighted by atomic mass is 35.5. The van der Waals surface area contributed by atoms with Gasteiger partial charge in [0.15, 0.2) is 0 Å². The Kier molecular flexibility index (Phi) is 3.49. The molecule has 0 aliphatic heterocycles. The van der Waals surface area contributed by atoms with E-state index in [2.05, 4.69) is 4.98 Å². The Balaban J connectivity index is 2.09. The SMILES string of the molecule is Cc1ccc(Cn2c(CCCl)nc3ccc(F)cc32)o1. The molecule has 5 heteroatoms. The van der Waals surface area contributed by atoms with Gasteiger partial charge in [-0.1, -0.05) is 0 Å². The van der Waals surface area contributed by atoms with Crippen LogP contribution in [0.25, 0.3) is 11.0 Å². The van der Waals surface area contributed by atoms with Crippen molar-refractivity contribution in [3.05, 3.63) is 53.5 Å². The average Bonchev–Trinajstić information content (AvgIpc) is 2.96. The Hall–Kier alpha value is -1.81. The normalized spacial score (nSPS) is 11.3. The average molecular weight is 293 g/mol. The summed E-state index contributed by atoms with van der Waals surface area (Å²) in [6.07, 6.45) is 0.636. The van der Waals surface area contributed by atoms with Gasteiger partial charge in [0.1, 0.15) is 23.2 Å². The van der Waals surface area contributed by atoms with Gasteiger partial charge in [-0.2, -0.15) is 0 Å². The molecule has 0 fully saturated rings. The van der Waals surface area contributed by atoms with E-state index < -0.39 is 0 Å². The summed E-state index contributed by atoms with van der Waals surface area (Å²) in [7, 11) is 0. The summed E-state index contributed by atoms with van der Waals surface area (Å²) in [5.41, 5.74) is 1.54. The number of aryl methyl sites for hydroxylation is 2. The van der Waals surface area contributed by atoms with Crippen LogP contribution in [-0.2, 0) is 13.0 Å². The van der Waals surface area contributed by atoms with Gasteiger partial charge in [-0.05, 0) is 37.3 Å². The van der Waals surface area contributed by atoms with Crippen molar-refractivity contribution in [2.45, 2.75) is 19.9 Å². The molecule has 3 aromatic rings. The Labute approximate surface area is 121 Å². The Bertz CT molecular complexity index is 747. The quantitative estimate of drug-likeness (QED) is 0.683. The van der Waals surface area contributed by atoms with Crippen molar-refractivity contribution >= 4 is 22.6 Å². The molecule has 1 aromatic carbocycles. The molecule has 0 unspecified atom stereocenters. The molecule has 0 N–H and O–H groups in total. The van der Waals surface area contributed by atoms with Crippen LogP contribution in [0.15, 0.2) is 34.7 Å². The van der Waals surface area contributed by atoms with Crippen LogP contribution in [0.3, 0.4) is 0 Å². The van der Waals surface area contributed by atoms with E-state index in [1.54, 1.807) is 6.07 Å². The fraction of sp³-hybridized carbons (Fsp3) is 0.267. The van der Waals surface area contributed by atoms with E-state index >= 15 is 0 Å². The third-order valence-corrected chi connectivity index (χ3v) is 3.41.